The molecule has 0 aliphatic carbocycles. The fourth-order valence-electron chi connectivity index (χ4n) is 4.30. The van der Waals surface area contributed by atoms with Crippen LogP contribution in [-0.2, 0) is 10.0 Å². The number of aliphatic hydroxyl groups is 1. The molecule has 0 spiro atoms. The highest BCUT2D eigenvalue weighted by atomic mass is 32.2. The number of aryl methyl sites for hydroxylation is 1. The maximum Gasteiger partial charge on any atom is 0.243 e. The highest BCUT2D eigenvalue weighted by Crippen LogP contribution is 2.38. The van der Waals surface area contributed by atoms with Gasteiger partial charge in [0.2, 0.25) is 21.9 Å². The van der Waals surface area contributed by atoms with Crippen LogP contribution in [0, 0.1) is 12.7 Å². The SMILES string of the molecule is COc1cccc(OC)c1-n1c(NS(=O)(=O)[C@@H]2C[C@H](O)CN(c3ncc(F)cn3)C2)nnc1-c1nc(C)cs1. The Kier molecular flexibility index (Phi) is 7.33. The standard InChI is InChI=1S/C23H25FN8O5S2/c1-13-12-38-21(27-13)20-28-29-23(32(20)19-17(36-2)5-4-6-18(19)37-3)30-39(34,35)16-7-15(33)10-31(11-16)22-25-8-14(24)9-26-22/h4-6,8-9,12,15-16,33H,7,10-11H2,1-3H3,(H,29,30)/t15-,16+/m0/s1. The number of rotatable bonds is 8. The third-order valence-electron chi connectivity index (χ3n) is 6.05. The molecule has 0 radical (unpaired) electrons. The Morgan fingerprint density at radius 2 is 1.82 bits per heavy atom. The molecule has 5 rings (SSSR count). The zero-order chi connectivity index (χ0) is 27.7. The lowest BCUT2D eigenvalue weighted by Crippen LogP contribution is -2.50. The predicted molar refractivity (Wildman–Crippen MR) is 141 cm³/mol. The molecule has 13 nitrogen and oxygen atoms in total. The number of methoxy groups -OCH3 is 2. The summed E-state index contributed by atoms with van der Waals surface area (Å²) in [5, 5.41) is 20.2. The first-order chi connectivity index (χ1) is 18.7. The third kappa shape index (κ3) is 5.35. The van der Waals surface area contributed by atoms with Crippen LogP contribution in [0.3, 0.4) is 0 Å². The summed E-state index contributed by atoms with van der Waals surface area (Å²) in [5.74, 6) is 0.413. The molecule has 4 aromatic rings. The van der Waals surface area contributed by atoms with Gasteiger partial charge in [-0.3, -0.25) is 9.29 Å². The number of halogens is 1. The molecule has 1 aromatic carbocycles. The highest BCUT2D eigenvalue weighted by molar-refractivity contribution is 7.93. The molecule has 0 saturated carbocycles. The summed E-state index contributed by atoms with van der Waals surface area (Å²) in [7, 11) is -1.19. The Morgan fingerprint density at radius 1 is 1.13 bits per heavy atom. The van der Waals surface area contributed by atoms with Crippen molar-refractivity contribution in [1.29, 1.82) is 0 Å². The molecule has 0 amide bonds. The number of aromatic nitrogens is 6. The van der Waals surface area contributed by atoms with Gasteiger partial charge in [-0.25, -0.2) is 27.8 Å². The average Bonchev–Trinajstić information content (AvgIpc) is 3.53. The van der Waals surface area contributed by atoms with Crippen molar-refractivity contribution in [2.24, 2.45) is 0 Å². The van der Waals surface area contributed by atoms with E-state index in [0.717, 1.165) is 18.1 Å². The molecule has 0 unspecified atom stereocenters. The maximum absolute atomic E-state index is 13.7. The van der Waals surface area contributed by atoms with E-state index in [2.05, 4.69) is 29.9 Å². The van der Waals surface area contributed by atoms with Gasteiger partial charge in [-0.15, -0.1) is 21.5 Å². The Morgan fingerprint density at radius 3 is 2.44 bits per heavy atom. The molecule has 2 atom stereocenters. The van der Waals surface area contributed by atoms with Gasteiger partial charge in [-0.05, 0) is 25.5 Å². The molecule has 4 heterocycles. The quantitative estimate of drug-likeness (QED) is 0.316. The molecular weight excluding hydrogens is 551 g/mol. The minimum atomic E-state index is -4.15. The number of benzene rings is 1. The van der Waals surface area contributed by atoms with Crippen LogP contribution in [0.5, 0.6) is 11.5 Å². The fraction of sp³-hybridized carbons (Fsp3) is 0.348. The highest BCUT2D eigenvalue weighted by Gasteiger charge is 2.37. The molecule has 39 heavy (non-hydrogen) atoms. The maximum atomic E-state index is 13.7. The molecule has 206 valence electrons. The van der Waals surface area contributed by atoms with E-state index < -0.39 is 27.2 Å². The topological polar surface area (TPSA) is 157 Å². The lowest BCUT2D eigenvalue weighted by molar-refractivity contribution is 0.154. The molecular formula is C23H25FN8O5S2. The van der Waals surface area contributed by atoms with Crippen molar-refractivity contribution in [3.8, 4) is 28.0 Å². The van der Waals surface area contributed by atoms with Crippen molar-refractivity contribution >= 4 is 33.3 Å². The van der Waals surface area contributed by atoms with Crippen molar-refractivity contribution in [2.75, 3.05) is 36.9 Å². The molecule has 1 saturated heterocycles. The Hall–Kier alpha value is -3.89. The van der Waals surface area contributed by atoms with Gasteiger partial charge in [0, 0.05) is 24.2 Å². The Balaban J connectivity index is 1.55. The van der Waals surface area contributed by atoms with Crippen LogP contribution in [0.4, 0.5) is 16.3 Å². The first kappa shape index (κ1) is 26.7. The van der Waals surface area contributed by atoms with Gasteiger partial charge in [0.15, 0.2) is 16.6 Å². The zero-order valence-electron chi connectivity index (χ0n) is 21.1. The van der Waals surface area contributed by atoms with Crippen molar-refractivity contribution in [3.05, 3.63) is 47.5 Å². The summed E-state index contributed by atoms with van der Waals surface area (Å²) in [6, 6.07) is 5.13. The number of para-hydroxylation sites is 1. The van der Waals surface area contributed by atoms with E-state index in [1.54, 1.807) is 18.2 Å². The number of sulfonamides is 1. The number of piperidine rings is 1. The van der Waals surface area contributed by atoms with Crippen LogP contribution >= 0.6 is 11.3 Å². The van der Waals surface area contributed by atoms with Crippen molar-refractivity contribution in [2.45, 2.75) is 24.7 Å². The molecule has 1 aliphatic heterocycles. The fourth-order valence-corrected chi connectivity index (χ4v) is 6.48. The molecule has 0 bridgehead atoms. The van der Waals surface area contributed by atoms with Gasteiger partial charge in [0.05, 0.1) is 32.7 Å². The number of thiazole rings is 1. The van der Waals surface area contributed by atoms with E-state index in [4.69, 9.17) is 9.47 Å². The number of β-amino-alcohol motifs (C(OH)–C–C–N with tert-alkyl or cyclic N) is 1. The third-order valence-corrected chi connectivity index (χ3v) is 8.69. The Labute approximate surface area is 227 Å². The van der Waals surface area contributed by atoms with Gasteiger partial charge < -0.3 is 19.5 Å². The molecule has 3 aromatic heterocycles. The van der Waals surface area contributed by atoms with Crippen LogP contribution in [0.2, 0.25) is 0 Å². The number of hydrogen-bond acceptors (Lipinski definition) is 12. The lowest BCUT2D eigenvalue weighted by Gasteiger charge is -2.35. The lowest BCUT2D eigenvalue weighted by atomic mass is 10.1. The number of nitrogens with one attached hydrogen (secondary N) is 1. The summed E-state index contributed by atoms with van der Waals surface area (Å²) in [4.78, 5) is 13.8. The van der Waals surface area contributed by atoms with Crippen LogP contribution in [0.1, 0.15) is 12.1 Å². The first-order valence-electron chi connectivity index (χ1n) is 11.7. The van der Waals surface area contributed by atoms with Gasteiger partial charge >= 0.3 is 0 Å². The monoisotopic (exact) mass is 576 g/mol. The minimum Gasteiger partial charge on any atom is -0.494 e. The van der Waals surface area contributed by atoms with E-state index in [1.807, 2.05) is 12.3 Å². The Bertz CT molecular complexity index is 1560. The number of aliphatic hydroxyl groups excluding tert-OH is 1. The van der Waals surface area contributed by atoms with Crippen LogP contribution in [0.15, 0.2) is 36.0 Å². The molecule has 1 aliphatic rings. The molecule has 1 fully saturated rings. The largest absolute Gasteiger partial charge is 0.494 e. The summed E-state index contributed by atoms with van der Waals surface area (Å²) >= 11 is 1.32. The van der Waals surface area contributed by atoms with Crippen molar-refractivity contribution in [1.82, 2.24) is 29.7 Å². The summed E-state index contributed by atoms with van der Waals surface area (Å²) in [6.07, 6.45) is 0.930. The van der Waals surface area contributed by atoms with Crippen LogP contribution in [-0.4, -0.2) is 81.9 Å². The second-order valence-corrected chi connectivity index (χ2v) is 11.6. The average molecular weight is 577 g/mol. The van der Waals surface area contributed by atoms with Crippen molar-refractivity contribution in [3.63, 3.8) is 0 Å². The summed E-state index contributed by atoms with van der Waals surface area (Å²) in [6.45, 7) is 1.89. The van der Waals surface area contributed by atoms with E-state index >= 15 is 0 Å². The second-order valence-electron chi connectivity index (χ2n) is 8.75. The number of ether oxygens (including phenoxy) is 2. The predicted octanol–water partition coefficient (Wildman–Crippen LogP) is 2.03. The minimum absolute atomic E-state index is 0.0390. The number of anilines is 2. The van der Waals surface area contributed by atoms with Gasteiger partial charge in [-0.2, -0.15) is 0 Å². The summed E-state index contributed by atoms with van der Waals surface area (Å²) in [5.41, 5.74) is 1.14. The summed E-state index contributed by atoms with van der Waals surface area (Å²) < 4.78 is 55.8. The van der Waals surface area contributed by atoms with E-state index in [-0.39, 0.29) is 37.2 Å². The van der Waals surface area contributed by atoms with Gasteiger partial charge in [0.1, 0.15) is 22.4 Å². The van der Waals surface area contributed by atoms with Gasteiger partial charge in [-0.1, -0.05) is 6.07 Å². The number of nitrogens with zero attached hydrogens (tertiary/aromatic N) is 7. The van der Waals surface area contributed by atoms with E-state index in [0.29, 0.717) is 22.2 Å². The van der Waals surface area contributed by atoms with E-state index in [1.165, 1.54) is 35.0 Å². The zero-order valence-corrected chi connectivity index (χ0v) is 22.8. The van der Waals surface area contributed by atoms with Crippen LogP contribution < -0.4 is 19.1 Å². The normalized spacial score (nSPS) is 17.7. The van der Waals surface area contributed by atoms with Gasteiger partial charge in [0.25, 0.3) is 0 Å². The van der Waals surface area contributed by atoms with Crippen molar-refractivity contribution < 1.29 is 27.4 Å². The molecule has 16 heteroatoms. The smallest absolute Gasteiger partial charge is 0.243 e. The molecule has 2 N–H and O–H groups in total. The number of hydrogen-bond donors (Lipinski definition) is 2. The second kappa shape index (κ2) is 10.7. The van der Waals surface area contributed by atoms with Crippen LogP contribution in [0.25, 0.3) is 16.5 Å². The van der Waals surface area contributed by atoms with E-state index in [9.17, 15) is 17.9 Å². The first-order valence-corrected chi connectivity index (χ1v) is 14.1.